The second-order valence-corrected chi connectivity index (χ2v) is 5.73. The van der Waals surface area contributed by atoms with Crippen LogP contribution in [0.3, 0.4) is 0 Å². The molecule has 6 heteroatoms. The zero-order chi connectivity index (χ0) is 14.8. The van der Waals surface area contributed by atoms with Gasteiger partial charge in [0.15, 0.2) is 0 Å². The zero-order valence-corrected chi connectivity index (χ0v) is 12.7. The SMILES string of the molecule is COc1ccc2sc(C(=O)Nc3cccnc3)c(Cl)c2c1. The van der Waals surface area contributed by atoms with Crippen LogP contribution in [0.5, 0.6) is 5.75 Å². The molecule has 0 saturated heterocycles. The van der Waals surface area contributed by atoms with Gasteiger partial charge in [0, 0.05) is 16.3 Å². The molecule has 1 N–H and O–H groups in total. The Kier molecular flexibility index (Phi) is 3.77. The number of hydrogen-bond donors (Lipinski definition) is 1. The number of benzene rings is 1. The molecule has 0 bridgehead atoms. The van der Waals surface area contributed by atoms with Crippen molar-refractivity contribution in [3.8, 4) is 5.75 Å². The minimum atomic E-state index is -0.242. The van der Waals surface area contributed by atoms with E-state index in [-0.39, 0.29) is 5.91 Å². The van der Waals surface area contributed by atoms with Gasteiger partial charge in [0.2, 0.25) is 0 Å². The number of carbonyl (C=O) groups is 1. The van der Waals surface area contributed by atoms with Crippen molar-refractivity contribution < 1.29 is 9.53 Å². The molecule has 2 heterocycles. The smallest absolute Gasteiger partial charge is 0.267 e. The Morgan fingerprint density at radius 3 is 2.95 bits per heavy atom. The van der Waals surface area contributed by atoms with Gasteiger partial charge in [-0.2, -0.15) is 0 Å². The Morgan fingerprint density at radius 1 is 1.38 bits per heavy atom. The number of pyridine rings is 1. The molecule has 1 amide bonds. The zero-order valence-electron chi connectivity index (χ0n) is 11.1. The number of halogens is 1. The fraction of sp³-hybridized carbons (Fsp3) is 0.0667. The van der Waals surface area contributed by atoms with Crippen molar-refractivity contribution in [2.45, 2.75) is 0 Å². The predicted octanol–water partition coefficient (Wildman–Crippen LogP) is 4.21. The Labute approximate surface area is 130 Å². The first-order valence-corrected chi connectivity index (χ1v) is 7.36. The molecule has 3 aromatic rings. The highest BCUT2D eigenvalue weighted by Crippen LogP contribution is 2.37. The van der Waals surface area contributed by atoms with E-state index in [1.807, 2.05) is 18.2 Å². The number of aromatic nitrogens is 1. The molecule has 0 saturated carbocycles. The summed E-state index contributed by atoms with van der Waals surface area (Å²) >= 11 is 7.68. The van der Waals surface area contributed by atoms with Crippen molar-refractivity contribution in [1.29, 1.82) is 0 Å². The minimum absolute atomic E-state index is 0.242. The number of nitrogens with zero attached hydrogens (tertiary/aromatic N) is 1. The summed E-state index contributed by atoms with van der Waals surface area (Å²) in [7, 11) is 1.59. The van der Waals surface area contributed by atoms with Crippen molar-refractivity contribution in [3.05, 3.63) is 52.6 Å². The molecular weight excluding hydrogens is 308 g/mol. The predicted molar refractivity (Wildman–Crippen MR) is 85.6 cm³/mol. The first kappa shape index (κ1) is 13.9. The monoisotopic (exact) mass is 318 g/mol. The highest BCUT2D eigenvalue weighted by Gasteiger charge is 2.17. The number of rotatable bonds is 3. The minimum Gasteiger partial charge on any atom is -0.497 e. The van der Waals surface area contributed by atoms with Gasteiger partial charge in [-0.15, -0.1) is 11.3 Å². The summed E-state index contributed by atoms with van der Waals surface area (Å²) < 4.78 is 6.12. The largest absolute Gasteiger partial charge is 0.497 e. The first-order chi connectivity index (χ1) is 10.2. The van der Waals surface area contributed by atoms with E-state index in [1.54, 1.807) is 31.6 Å². The molecule has 2 aromatic heterocycles. The standard InChI is InChI=1S/C15H11ClN2O2S/c1-20-10-4-5-12-11(7-10)13(16)14(21-12)15(19)18-9-3-2-6-17-8-9/h2-8H,1H3,(H,18,19). The van der Waals surface area contributed by atoms with Gasteiger partial charge in [0.1, 0.15) is 10.6 Å². The number of nitrogens with one attached hydrogen (secondary N) is 1. The van der Waals surface area contributed by atoms with Gasteiger partial charge in [-0.05, 0) is 30.3 Å². The number of anilines is 1. The summed E-state index contributed by atoms with van der Waals surface area (Å²) in [6, 6.07) is 9.10. The van der Waals surface area contributed by atoms with Crippen molar-refractivity contribution >= 4 is 44.6 Å². The number of methoxy groups -OCH3 is 1. The van der Waals surface area contributed by atoms with E-state index in [0.29, 0.717) is 21.3 Å². The number of ether oxygens (including phenoxy) is 1. The van der Waals surface area contributed by atoms with Crippen LogP contribution in [0.15, 0.2) is 42.7 Å². The molecule has 4 nitrogen and oxygen atoms in total. The van der Waals surface area contributed by atoms with Crippen LogP contribution < -0.4 is 10.1 Å². The molecule has 0 atom stereocenters. The normalized spacial score (nSPS) is 10.6. The lowest BCUT2D eigenvalue weighted by Gasteiger charge is -2.02. The average molecular weight is 319 g/mol. The van der Waals surface area contributed by atoms with Gasteiger partial charge >= 0.3 is 0 Å². The van der Waals surface area contributed by atoms with Crippen LogP contribution in [0.25, 0.3) is 10.1 Å². The van der Waals surface area contributed by atoms with E-state index in [0.717, 1.165) is 10.1 Å². The molecule has 0 aliphatic heterocycles. The maximum absolute atomic E-state index is 12.3. The Bertz CT molecular complexity index is 802. The van der Waals surface area contributed by atoms with Crippen LogP contribution in [0.4, 0.5) is 5.69 Å². The molecule has 3 rings (SSSR count). The number of carbonyl (C=O) groups excluding carboxylic acids is 1. The molecule has 0 unspecified atom stereocenters. The molecule has 1 aromatic carbocycles. The van der Waals surface area contributed by atoms with Crippen molar-refractivity contribution in [3.63, 3.8) is 0 Å². The van der Waals surface area contributed by atoms with E-state index in [2.05, 4.69) is 10.3 Å². The second kappa shape index (κ2) is 5.71. The summed E-state index contributed by atoms with van der Waals surface area (Å²) in [5, 5.41) is 4.04. The summed E-state index contributed by atoms with van der Waals surface area (Å²) in [5.74, 6) is 0.467. The number of amides is 1. The van der Waals surface area contributed by atoms with Gasteiger partial charge in [-0.3, -0.25) is 9.78 Å². The van der Waals surface area contributed by atoms with Gasteiger partial charge in [-0.25, -0.2) is 0 Å². The average Bonchev–Trinajstić information content (AvgIpc) is 2.85. The van der Waals surface area contributed by atoms with Crippen LogP contribution in [0, 0.1) is 0 Å². The second-order valence-electron chi connectivity index (χ2n) is 4.30. The fourth-order valence-electron chi connectivity index (χ4n) is 1.94. The molecule has 0 radical (unpaired) electrons. The lowest BCUT2D eigenvalue weighted by molar-refractivity contribution is 0.103. The molecule has 0 aliphatic rings. The van der Waals surface area contributed by atoms with E-state index >= 15 is 0 Å². The Balaban J connectivity index is 1.96. The van der Waals surface area contributed by atoms with E-state index in [1.165, 1.54) is 11.3 Å². The highest BCUT2D eigenvalue weighted by atomic mass is 35.5. The first-order valence-electron chi connectivity index (χ1n) is 6.16. The third kappa shape index (κ3) is 2.70. The maximum atomic E-state index is 12.3. The molecule has 106 valence electrons. The quantitative estimate of drug-likeness (QED) is 0.787. The topological polar surface area (TPSA) is 51.2 Å². The van der Waals surface area contributed by atoms with Crippen LogP contribution >= 0.6 is 22.9 Å². The number of hydrogen-bond acceptors (Lipinski definition) is 4. The summed E-state index contributed by atoms with van der Waals surface area (Å²) in [4.78, 5) is 16.7. The number of thiophene rings is 1. The Hall–Kier alpha value is -2.11. The van der Waals surface area contributed by atoms with Crippen LogP contribution in [-0.2, 0) is 0 Å². The third-order valence-electron chi connectivity index (χ3n) is 2.96. The van der Waals surface area contributed by atoms with Crippen LogP contribution in [-0.4, -0.2) is 18.0 Å². The van der Waals surface area contributed by atoms with Gasteiger partial charge < -0.3 is 10.1 Å². The van der Waals surface area contributed by atoms with Gasteiger partial charge in [0.25, 0.3) is 5.91 Å². The lowest BCUT2D eigenvalue weighted by Crippen LogP contribution is -2.10. The lowest BCUT2D eigenvalue weighted by atomic mass is 10.2. The van der Waals surface area contributed by atoms with Crippen molar-refractivity contribution in [2.75, 3.05) is 12.4 Å². The summed E-state index contributed by atoms with van der Waals surface area (Å²) in [5.41, 5.74) is 0.633. The van der Waals surface area contributed by atoms with Gasteiger partial charge in [-0.1, -0.05) is 11.6 Å². The fourth-order valence-corrected chi connectivity index (χ4v) is 3.33. The van der Waals surface area contributed by atoms with E-state index in [4.69, 9.17) is 16.3 Å². The summed E-state index contributed by atoms with van der Waals surface area (Å²) in [6.45, 7) is 0. The van der Waals surface area contributed by atoms with Gasteiger partial charge in [0.05, 0.1) is 24.0 Å². The van der Waals surface area contributed by atoms with Crippen LogP contribution in [0.1, 0.15) is 9.67 Å². The van der Waals surface area contributed by atoms with E-state index < -0.39 is 0 Å². The van der Waals surface area contributed by atoms with Crippen molar-refractivity contribution in [2.24, 2.45) is 0 Å². The number of fused-ring (bicyclic) bond motifs is 1. The van der Waals surface area contributed by atoms with Crippen molar-refractivity contribution in [1.82, 2.24) is 4.98 Å². The summed E-state index contributed by atoms with van der Waals surface area (Å²) in [6.07, 6.45) is 3.23. The molecule has 0 aliphatic carbocycles. The molecule has 0 fully saturated rings. The third-order valence-corrected chi connectivity index (χ3v) is 4.63. The van der Waals surface area contributed by atoms with Crippen LogP contribution in [0.2, 0.25) is 5.02 Å². The maximum Gasteiger partial charge on any atom is 0.267 e. The van der Waals surface area contributed by atoms with E-state index in [9.17, 15) is 4.79 Å². The highest BCUT2D eigenvalue weighted by molar-refractivity contribution is 7.21. The molecular formula is C15H11ClN2O2S. The molecule has 21 heavy (non-hydrogen) atoms. The Morgan fingerprint density at radius 2 is 2.24 bits per heavy atom. The molecule has 0 spiro atoms.